The number of aromatic nitrogens is 3. The Labute approximate surface area is 185 Å². The normalized spacial score (nSPS) is 11.3. The first kappa shape index (κ1) is 20.0. The Hall–Kier alpha value is -3.93. The number of rotatable bonds is 6. The fourth-order valence-corrected chi connectivity index (χ4v) is 3.78. The number of hydrogen-bond acceptors (Lipinski definition) is 5. The second-order valence-electron chi connectivity index (χ2n) is 7.85. The van der Waals surface area contributed by atoms with Crippen LogP contribution in [0.1, 0.15) is 25.3 Å². The molecular formula is C26H23N3O3. The van der Waals surface area contributed by atoms with Crippen molar-refractivity contribution in [3.8, 4) is 22.6 Å². The summed E-state index contributed by atoms with van der Waals surface area (Å²) in [6, 6.07) is 21.0. The summed E-state index contributed by atoms with van der Waals surface area (Å²) < 4.78 is 13.3. The first-order valence-electron chi connectivity index (χ1n) is 10.8. The smallest absolute Gasteiger partial charge is 0.344 e. The lowest BCUT2D eigenvalue weighted by Gasteiger charge is -2.09. The van der Waals surface area contributed by atoms with Gasteiger partial charge in [0.05, 0.1) is 23.4 Å². The van der Waals surface area contributed by atoms with E-state index in [9.17, 15) is 4.79 Å². The molecule has 0 amide bonds. The van der Waals surface area contributed by atoms with E-state index in [1.807, 2.05) is 73.7 Å². The lowest BCUT2D eigenvalue weighted by Crippen LogP contribution is -2.03. The Morgan fingerprint density at radius 2 is 1.88 bits per heavy atom. The van der Waals surface area contributed by atoms with Crippen LogP contribution < -0.4 is 10.4 Å². The molecule has 6 nitrogen and oxygen atoms in total. The van der Waals surface area contributed by atoms with Crippen molar-refractivity contribution >= 4 is 22.0 Å². The van der Waals surface area contributed by atoms with Gasteiger partial charge in [0.25, 0.3) is 0 Å². The van der Waals surface area contributed by atoms with Gasteiger partial charge in [-0.15, -0.1) is 5.10 Å². The van der Waals surface area contributed by atoms with Gasteiger partial charge in [-0.1, -0.05) is 48.9 Å². The van der Waals surface area contributed by atoms with Crippen LogP contribution in [0.5, 0.6) is 5.75 Å². The van der Waals surface area contributed by atoms with Crippen LogP contribution in [0.15, 0.2) is 75.9 Å². The van der Waals surface area contributed by atoms with Gasteiger partial charge in [0, 0.05) is 17.5 Å². The van der Waals surface area contributed by atoms with E-state index in [-0.39, 0.29) is 5.63 Å². The average molecular weight is 425 g/mol. The Balaban J connectivity index is 1.54. The van der Waals surface area contributed by atoms with Crippen LogP contribution in [0.25, 0.3) is 38.8 Å². The molecular weight excluding hydrogens is 402 g/mol. The maximum absolute atomic E-state index is 12.6. The van der Waals surface area contributed by atoms with Crippen molar-refractivity contribution in [3.63, 3.8) is 0 Å². The fourth-order valence-electron chi connectivity index (χ4n) is 3.78. The van der Waals surface area contributed by atoms with E-state index in [0.29, 0.717) is 17.8 Å². The maximum Gasteiger partial charge on any atom is 0.344 e. The Kier molecular flexibility index (Phi) is 5.19. The van der Waals surface area contributed by atoms with E-state index in [1.54, 1.807) is 4.68 Å². The van der Waals surface area contributed by atoms with Crippen LogP contribution in [0, 0.1) is 6.92 Å². The molecule has 0 atom stereocenters. The number of nitrogens with zero attached hydrogens (tertiary/aromatic N) is 3. The van der Waals surface area contributed by atoms with Crippen LogP contribution in [-0.4, -0.2) is 21.6 Å². The highest BCUT2D eigenvalue weighted by Gasteiger charge is 2.13. The summed E-state index contributed by atoms with van der Waals surface area (Å²) in [5.41, 5.74) is 4.94. The first-order chi connectivity index (χ1) is 15.6. The second-order valence-corrected chi connectivity index (χ2v) is 7.85. The number of ether oxygens (including phenoxy) is 1. The zero-order valence-electron chi connectivity index (χ0n) is 18.0. The third kappa shape index (κ3) is 3.64. The van der Waals surface area contributed by atoms with Crippen molar-refractivity contribution in [2.45, 2.75) is 26.7 Å². The third-order valence-corrected chi connectivity index (χ3v) is 5.55. The number of aryl methyl sites for hydroxylation is 1. The minimum Gasteiger partial charge on any atom is -0.493 e. The molecule has 5 aromatic rings. The highest BCUT2D eigenvalue weighted by molar-refractivity contribution is 5.85. The number of fused-ring (bicyclic) bond motifs is 2. The molecule has 3 aromatic carbocycles. The van der Waals surface area contributed by atoms with Crippen LogP contribution in [-0.2, 0) is 0 Å². The van der Waals surface area contributed by atoms with E-state index in [4.69, 9.17) is 9.15 Å². The molecule has 0 aliphatic rings. The van der Waals surface area contributed by atoms with Crippen LogP contribution in [0.4, 0.5) is 0 Å². The number of benzene rings is 3. The Morgan fingerprint density at radius 3 is 2.69 bits per heavy atom. The van der Waals surface area contributed by atoms with E-state index in [2.05, 4.69) is 17.2 Å². The topological polar surface area (TPSA) is 70.2 Å². The Morgan fingerprint density at radius 1 is 1.03 bits per heavy atom. The average Bonchev–Trinajstić information content (AvgIpc) is 3.21. The van der Waals surface area contributed by atoms with E-state index >= 15 is 0 Å². The minimum absolute atomic E-state index is 0.367. The van der Waals surface area contributed by atoms with E-state index in [0.717, 1.165) is 51.8 Å². The molecule has 32 heavy (non-hydrogen) atoms. The first-order valence-corrected chi connectivity index (χ1v) is 10.8. The molecule has 0 aliphatic carbocycles. The van der Waals surface area contributed by atoms with Crippen molar-refractivity contribution in [3.05, 3.63) is 82.7 Å². The monoisotopic (exact) mass is 425 g/mol. The van der Waals surface area contributed by atoms with Gasteiger partial charge in [0.2, 0.25) is 0 Å². The lowest BCUT2D eigenvalue weighted by molar-refractivity contribution is 0.308. The van der Waals surface area contributed by atoms with Crippen molar-refractivity contribution in [2.75, 3.05) is 6.61 Å². The van der Waals surface area contributed by atoms with Gasteiger partial charge in [-0.2, -0.15) is 0 Å². The zero-order chi connectivity index (χ0) is 22.1. The fraction of sp³-hybridized carbons (Fsp3) is 0.192. The van der Waals surface area contributed by atoms with Crippen molar-refractivity contribution in [1.29, 1.82) is 0 Å². The molecule has 0 bridgehead atoms. The molecule has 0 saturated carbocycles. The number of unbranched alkanes of at least 4 members (excludes halogenated alkanes) is 1. The molecule has 2 aromatic heterocycles. The Bertz CT molecular complexity index is 1470. The van der Waals surface area contributed by atoms with Crippen LogP contribution in [0.2, 0.25) is 0 Å². The number of hydrogen-bond donors (Lipinski definition) is 0. The quantitative estimate of drug-likeness (QED) is 0.258. The lowest BCUT2D eigenvalue weighted by atomic mass is 10.1. The van der Waals surface area contributed by atoms with Gasteiger partial charge in [-0.3, -0.25) is 0 Å². The van der Waals surface area contributed by atoms with Crippen LogP contribution >= 0.6 is 0 Å². The summed E-state index contributed by atoms with van der Waals surface area (Å²) in [6.07, 6.45) is 2.10. The predicted molar refractivity (Wildman–Crippen MR) is 125 cm³/mol. The van der Waals surface area contributed by atoms with Crippen LogP contribution in [0.3, 0.4) is 0 Å². The summed E-state index contributed by atoms with van der Waals surface area (Å²) in [4.78, 5) is 12.6. The highest BCUT2D eigenvalue weighted by Crippen LogP contribution is 2.28. The highest BCUT2D eigenvalue weighted by atomic mass is 16.5. The molecule has 0 radical (unpaired) electrons. The molecule has 0 aliphatic heterocycles. The van der Waals surface area contributed by atoms with E-state index < -0.39 is 0 Å². The molecule has 6 heteroatoms. The van der Waals surface area contributed by atoms with Gasteiger partial charge >= 0.3 is 5.63 Å². The molecule has 0 unspecified atom stereocenters. The molecule has 160 valence electrons. The summed E-state index contributed by atoms with van der Waals surface area (Å²) in [5.74, 6) is 0.830. The third-order valence-electron chi connectivity index (χ3n) is 5.55. The van der Waals surface area contributed by atoms with Gasteiger partial charge in [-0.25, -0.2) is 9.48 Å². The molecule has 2 heterocycles. The van der Waals surface area contributed by atoms with Crippen molar-refractivity contribution in [2.24, 2.45) is 0 Å². The van der Waals surface area contributed by atoms with Crippen molar-refractivity contribution in [1.82, 2.24) is 15.0 Å². The zero-order valence-corrected chi connectivity index (χ0v) is 18.0. The molecule has 0 fully saturated rings. The van der Waals surface area contributed by atoms with Gasteiger partial charge in [0.1, 0.15) is 16.8 Å². The summed E-state index contributed by atoms with van der Waals surface area (Å²) >= 11 is 0. The molecule has 0 spiro atoms. The summed E-state index contributed by atoms with van der Waals surface area (Å²) in [6.45, 7) is 4.84. The minimum atomic E-state index is -0.367. The molecule has 0 saturated heterocycles. The summed E-state index contributed by atoms with van der Waals surface area (Å²) in [7, 11) is 0. The van der Waals surface area contributed by atoms with E-state index in [1.165, 1.54) is 0 Å². The molecule has 0 N–H and O–H groups in total. The maximum atomic E-state index is 12.6. The largest absolute Gasteiger partial charge is 0.493 e. The molecule has 5 rings (SSSR count). The van der Waals surface area contributed by atoms with Gasteiger partial charge < -0.3 is 9.15 Å². The van der Waals surface area contributed by atoms with Gasteiger partial charge in [-0.05, 0) is 48.7 Å². The summed E-state index contributed by atoms with van der Waals surface area (Å²) in [5, 5.41) is 9.49. The van der Waals surface area contributed by atoms with Crippen molar-refractivity contribution < 1.29 is 9.15 Å². The predicted octanol–water partition coefficient (Wildman–Crippen LogP) is 5.68. The standard InChI is InChI=1S/C26H23N3O3/c1-3-4-12-31-24-16-22-23(13-17(24)2)29(28-27-22)20-11-10-19-14-21(18-8-6-5-7-9-18)26(30)32-25(19)15-20/h5-11,13-16H,3-4,12H2,1-2H3. The second kappa shape index (κ2) is 8.30. The van der Waals surface area contributed by atoms with Gasteiger partial charge in [0.15, 0.2) is 0 Å². The SMILES string of the molecule is CCCCOc1cc2nnn(-c3ccc4cc(-c5ccccc5)c(=O)oc4c3)c2cc1C.